The zero-order chi connectivity index (χ0) is 6.73. The largest absolute Gasteiger partial charge is 0.307 e. The molecule has 0 saturated heterocycles. The molecule has 0 aromatic carbocycles. The molecule has 0 N–H and O–H groups in total. The van der Waals surface area contributed by atoms with Crippen molar-refractivity contribution in [2.75, 3.05) is 0 Å². The third-order valence-electron chi connectivity index (χ3n) is 0.404. The first-order valence-corrected chi connectivity index (χ1v) is 1.99. The second-order valence-corrected chi connectivity index (χ2v) is 1.44. The highest BCUT2D eigenvalue weighted by atomic mass is 35.5. The van der Waals surface area contributed by atoms with Gasteiger partial charge in [0.1, 0.15) is 0 Å². The number of hydrogen-bond acceptors (Lipinski definition) is 0. The highest BCUT2D eigenvalue weighted by Crippen LogP contribution is 2.19. The van der Waals surface area contributed by atoms with E-state index >= 15 is 0 Å². The van der Waals surface area contributed by atoms with E-state index in [1.165, 1.54) is 0 Å². The molecule has 0 unspecified atom stereocenters. The fourth-order valence-corrected chi connectivity index (χ4v) is 0.174. The van der Waals surface area contributed by atoms with E-state index in [4.69, 9.17) is 11.6 Å². The van der Waals surface area contributed by atoms with Gasteiger partial charge in [-0.1, -0.05) is 18.2 Å². The predicted octanol–water partition coefficient (Wildman–Crippen LogP) is 2.82. The molecule has 0 spiro atoms. The van der Waals surface area contributed by atoms with E-state index in [0.717, 1.165) is 0 Å². The van der Waals surface area contributed by atoms with Crippen LogP contribution in [0, 0.1) is 0 Å². The lowest BCUT2D eigenvalue weighted by molar-refractivity contribution is 0.386. The molecule has 4 heteroatoms. The molecule has 46 valence electrons. The van der Waals surface area contributed by atoms with Crippen LogP contribution in [0.3, 0.4) is 0 Å². The third-order valence-corrected chi connectivity index (χ3v) is 0.570. The van der Waals surface area contributed by atoms with Crippen molar-refractivity contribution >= 4 is 11.6 Å². The van der Waals surface area contributed by atoms with Crippen molar-refractivity contribution in [1.82, 2.24) is 0 Å². The zero-order valence-corrected chi connectivity index (χ0v) is 4.47. The Hall–Kier alpha value is -0.440. The summed E-state index contributed by atoms with van der Waals surface area (Å²) in [7, 11) is 0. The number of rotatable bonds is 1. The Labute approximate surface area is 49.3 Å². The molecule has 0 aliphatic rings. The summed E-state index contributed by atoms with van der Waals surface area (Å²) < 4.78 is 33.6. The number of allylic oxidation sites excluding steroid dienone is 2. The van der Waals surface area contributed by atoms with Crippen LogP contribution >= 0.6 is 11.6 Å². The van der Waals surface area contributed by atoms with Gasteiger partial charge < -0.3 is 0 Å². The van der Waals surface area contributed by atoms with E-state index < -0.39 is 16.9 Å². The van der Waals surface area contributed by atoms with Crippen molar-refractivity contribution in [3.63, 3.8) is 0 Å². The highest BCUT2D eigenvalue weighted by Gasteiger charge is 2.05. The lowest BCUT2D eigenvalue weighted by Crippen LogP contribution is -1.71. The standard InChI is InChI=1S/C4H2ClF3/c1-2(5)3(6)4(7)8/h1H2. The third kappa shape index (κ3) is 2.02. The molecule has 0 aromatic heterocycles. The van der Waals surface area contributed by atoms with Gasteiger partial charge in [-0.25, -0.2) is 0 Å². The van der Waals surface area contributed by atoms with Gasteiger partial charge >= 0.3 is 6.08 Å². The topological polar surface area (TPSA) is 0 Å². The van der Waals surface area contributed by atoms with Crippen LogP contribution in [-0.2, 0) is 0 Å². The van der Waals surface area contributed by atoms with Crippen LogP contribution in [0.5, 0.6) is 0 Å². The summed E-state index contributed by atoms with van der Waals surface area (Å²) in [5, 5.41) is -0.773. The second-order valence-electron chi connectivity index (χ2n) is 0.979. The maximum Gasteiger partial charge on any atom is 0.307 e. The lowest BCUT2D eigenvalue weighted by Gasteiger charge is -1.85. The fraction of sp³-hybridized carbons (Fsp3) is 0. The van der Waals surface area contributed by atoms with E-state index in [2.05, 4.69) is 6.58 Å². The lowest BCUT2D eigenvalue weighted by atomic mass is 10.6. The molecule has 0 amide bonds. The maximum absolute atomic E-state index is 11.5. The quantitative estimate of drug-likeness (QED) is 0.494. The molecule has 0 fully saturated rings. The smallest absolute Gasteiger partial charge is 0.199 e. The van der Waals surface area contributed by atoms with Gasteiger partial charge in [0.05, 0.1) is 5.03 Å². The van der Waals surface area contributed by atoms with Crippen LogP contribution < -0.4 is 0 Å². The average Bonchev–Trinajstić information content (AvgIpc) is 1.64. The van der Waals surface area contributed by atoms with Crippen molar-refractivity contribution in [2.45, 2.75) is 0 Å². The summed E-state index contributed by atoms with van der Waals surface area (Å²) in [6, 6.07) is 0. The Morgan fingerprint density at radius 3 is 1.62 bits per heavy atom. The van der Waals surface area contributed by atoms with Gasteiger partial charge in [-0.15, -0.1) is 0 Å². The van der Waals surface area contributed by atoms with Crippen molar-refractivity contribution in [2.24, 2.45) is 0 Å². The Balaban J connectivity index is 4.23. The van der Waals surface area contributed by atoms with Crippen LogP contribution in [0.15, 0.2) is 23.5 Å². The highest BCUT2D eigenvalue weighted by molar-refractivity contribution is 6.31. The van der Waals surface area contributed by atoms with E-state index in [9.17, 15) is 13.2 Å². The van der Waals surface area contributed by atoms with Crippen LogP contribution in [0.2, 0.25) is 0 Å². The van der Waals surface area contributed by atoms with Gasteiger partial charge in [0.2, 0.25) is 5.83 Å². The summed E-state index contributed by atoms with van der Waals surface area (Å²) >= 11 is 4.72. The molecule has 8 heavy (non-hydrogen) atoms. The summed E-state index contributed by atoms with van der Waals surface area (Å²) in [4.78, 5) is 0. The first-order chi connectivity index (χ1) is 3.55. The summed E-state index contributed by atoms with van der Waals surface area (Å²) in [5.41, 5.74) is 0. The van der Waals surface area contributed by atoms with Crippen molar-refractivity contribution in [3.05, 3.63) is 23.5 Å². The predicted molar refractivity (Wildman–Crippen MR) is 25.3 cm³/mol. The summed E-state index contributed by atoms with van der Waals surface area (Å²) in [6.07, 6.45) is -2.44. The first-order valence-electron chi connectivity index (χ1n) is 1.61. The Morgan fingerprint density at radius 1 is 1.25 bits per heavy atom. The van der Waals surface area contributed by atoms with Gasteiger partial charge in [-0.2, -0.15) is 13.2 Å². The molecular weight excluding hydrogens is 140 g/mol. The average molecular weight is 143 g/mol. The Bertz CT molecular complexity index is 134. The van der Waals surface area contributed by atoms with Crippen molar-refractivity contribution < 1.29 is 13.2 Å². The summed E-state index contributed by atoms with van der Waals surface area (Å²) in [5.74, 6) is -1.74. The number of hydrogen-bond donors (Lipinski definition) is 0. The monoisotopic (exact) mass is 142 g/mol. The van der Waals surface area contributed by atoms with Crippen LogP contribution in [0.1, 0.15) is 0 Å². The maximum atomic E-state index is 11.5. The van der Waals surface area contributed by atoms with Gasteiger partial charge in [-0.05, 0) is 0 Å². The van der Waals surface area contributed by atoms with Crippen molar-refractivity contribution in [1.29, 1.82) is 0 Å². The van der Waals surface area contributed by atoms with Gasteiger partial charge in [0.25, 0.3) is 0 Å². The molecule has 0 radical (unpaired) electrons. The molecule has 0 aliphatic carbocycles. The van der Waals surface area contributed by atoms with Crippen LogP contribution in [0.25, 0.3) is 0 Å². The fourth-order valence-electron chi connectivity index (χ4n) is 0.103. The van der Waals surface area contributed by atoms with Crippen LogP contribution in [-0.4, -0.2) is 0 Å². The molecule has 0 nitrogen and oxygen atoms in total. The minimum absolute atomic E-state index is 0.773. The van der Waals surface area contributed by atoms with Gasteiger partial charge in [-0.3, -0.25) is 0 Å². The normalized spacial score (nSPS) is 8.50. The molecule has 0 heterocycles. The van der Waals surface area contributed by atoms with Crippen LogP contribution in [0.4, 0.5) is 13.2 Å². The van der Waals surface area contributed by atoms with E-state index in [1.54, 1.807) is 0 Å². The van der Waals surface area contributed by atoms with E-state index in [1.807, 2.05) is 0 Å². The Morgan fingerprint density at radius 2 is 1.62 bits per heavy atom. The Kier molecular flexibility index (Phi) is 2.62. The SMILES string of the molecule is C=C(Cl)C(F)=C(F)F. The first kappa shape index (κ1) is 7.56. The molecule has 0 aliphatic heterocycles. The molecule has 0 saturated carbocycles. The molecule has 0 aromatic rings. The van der Waals surface area contributed by atoms with Gasteiger partial charge in [0, 0.05) is 0 Å². The molecular formula is C4H2ClF3. The number of halogens is 4. The second kappa shape index (κ2) is 2.77. The summed E-state index contributed by atoms with van der Waals surface area (Å²) in [6.45, 7) is 2.73. The van der Waals surface area contributed by atoms with Crippen molar-refractivity contribution in [3.8, 4) is 0 Å². The van der Waals surface area contributed by atoms with E-state index in [-0.39, 0.29) is 0 Å². The minimum atomic E-state index is -2.44. The van der Waals surface area contributed by atoms with Gasteiger partial charge in [0.15, 0.2) is 0 Å². The molecule has 0 bridgehead atoms. The molecule has 0 rings (SSSR count). The van der Waals surface area contributed by atoms with E-state index in [0.29, 0.717) is 0 Å². The minimum Gasteiger partial charge on any atom is -0.199 e. The molecule has 0 atom stereocenters. The zero-order valence-electron chi connectivity index (χ0n) is 3.72.